The lowest BCUT2D eigenvalue weighted by Gasteiger charge is -2.30. The molecule has 2 bridgehead atoms. The van der Waals surface area contributed by atoms with Crippen molar-refractivity contribution in [2.24, 2.45) is 29.6 Å². The molecule has 0 heterocycles. The molecular formula is C18H31N. The molecular weight excluding hydrogens is 230 g/mol. The van der Waals surface area contributed by atoms with E-state index >= 15 is 0 Å². The van der Waals surface area contributed by atoms with E-state index in [4.69, 9.17) is 0 Å². The third-order valence-corrected chi connectivity index (χ3v) is 6.80. The first-order valence-corrected chi connectivity index (χ1v) is 9.12. The van der Waals surface area contributed by atoms with Gasteiger partial charge in [0, 0.05) is 6.04 Å². The monoisotopic (exact) mass is 261 g/mol. The average Bonchev–Trinajstić information content (AvgIpc) is 2.87. The van der Waals surface area contributed by atoms with Crippen molar-refractivity contribution < 1.29 is 0 Å². The van der Waals surface area contributed by atoms with E-state index in [9.17, 15) is 0 Å². The summed E-state index contributed by atoms with van der Waals surface area (Å²) in [4.78, 5) is 0. The van der Waals surface area contributed by atoms with Gasteiger partial charge in [0.1, 0.15) is 0 Å². The normalized spacial score (nSPS) is 40.1. The molecule has 4 unspecified atom stereocenters. The fourth-order valence-corrected chi connectivity index (χ4v) is 5.53. The smallest absolute Gasteiger partial charge is 0.00683 e. The van der Waals surface area contributed by atoms with Crippen molar-refractivity contribution in [3.8, 4) is 0 Å². The Labute approximate surface area is 118 Å². The molecule has 0 saturated heterocycles. The lowest BCUT2D eigenvalue weighted by molar-refractivity contribution is 0.212. The molecule has 0 aliphatic heterocycles. The van der Waals surface area contributed by atoms with Crippen molar-refractivity contribution in [1.29, 1.82) is 0 Å². The molecule has 0 aromatic heterocycles. The SMILES string of the molecule is C1CCC(C(CNC2CC2)CC2CC3CCC2C3)C1. The fraction of sp³-hybridized carbons (Fsp3) is 1.00. The summed E-state index contributed by atoms with van der Waals surface area (Å²) < 4.78 is 0. The highest BCUT2D eigenvalue weighted by Crippen LogP contribution is 2.51. The van der Waals surface area contributed by atoms with Crippen LogP contribution in [0.3, 0.4) is 0 Å². The number of fused-ring (bicyclic) bond motifs is 2. The van der Waals surface area contributed by atoms with Crippen molar-refractivity contribution in [3.05, 3.63) is 0 Å². The molecule has 0 spiro atoms. The van der Waals surface area contributed by atoms with Crippen molar-refractivity contribution in [1.82, 2.24) is 5.32 Å². The van der Waals surface area contributed by atoms with Crippen molar-refractivity contribution in [2.45, 2.75) is 76.7 Å². The van der Waals surface area contributed by atoms with Crippen LogP contribution in [0, 0.1) is 29.6 Å². The van der Waals surface area contributed by atoms with Crippen LogP contribution in [0.15, 0.2) is 0 Å². The average molecular weight is 261 g/mol. The summed E-state index contributed by atoms with van der Waals surface area (Å²) in [7, 11) is 0. The second-order valence-electron chi connectivity index (χ2n) is 8.16. The quantitative estimate of drug-likeness (QED) is 0.748. The number of hydrogen-bond donors (Lipinski definition) is 1. The molecule has 4 rings (SSSR count). The lowest BCUT2D eigenvalue weighted by atomic mass is 9.77. The van der Waals surface area contributed by atoms with Crippen LogP contribution in [-0.2, 0) is 0 Å². The highest BCUT2D eigenvalue weighted by molar-refractivity contribution is 4.93. The molecule has 4 atom stereocenters. The fourth-order valence-electron chi connectivity index (χ4n) is 5.53. The van der Waals surface area contributed by atoms with Gasteiger partial charge >= 0.3 is 0 Å². The third-order valence-electron chi connectivity index (χ3n) is 6.80. The number of rotatable bonds is 6. The number of hydrogen-bond acceptors (Lipinski definition) is 1. The molecule has 19 heavy (non-hydrogen) atoms. The van der Waals surface area contributed by atoms with Gasteiger partial charge in [-0.05, 0) is 74.7 Å². The molecule has 1 heteroatoms. The molecule has 0 radical (unpaired) electrons. The van der Waals surface area contributed by atoms with Gasteiger partial charge in [-0.15, -0.1) is 0 Å². The van der Waals surface area contributed by atoms with Crippen LogP contribution in [0.25, 0.3) is 0 Å². The summed E-state index contributed by atoms with van der Waals surface area (Å²) in [6, 6.07) is 0.906. The third kappa shape index (κ3) is 2.86. The second kappa shape index (κ2) is 5.39. The molecule has 108 valence electrons. The summed E-state index contributed by atoms with van der Waals surface area (Å²) in [5.74, 6) is 5.48. The van der Waals surface area contributed by atoms with E-state index in [0.29, 0.717) is 0 Å². The van der Waals surface area contributed by atoms with Gasteiger partial charge in [0.15, 0.2) is 0 Å². The molecule has 1 nitrogen and oxygen atoms in total. The first-order chi connectivity index (χ1) is 9.38. The van der Waals surface area contributed by atoms with Gasteiger partial charge < -0.3 is 5.32 Å². The van der Waals surface area contributed by atoms with Crippen molar-refractivity contribution in [2.75, 3.05) is 6.54 Å². The maximum Gasteiger partial charge on any atom is 0.00683 e. The second-order valence-corrected chi connectivity index (χ2v) is 8.16. The van der Waals surface area contributed by atoms with Gasteiger partial charge in [0.25, 0.3) is 0 Å². The Kier molecular flexibility index (Phi) is 3.60. The first kappa shape index (κ1) is 12.7. The maximum absolute atomic E-state index is 3.85. The van der Waals surface area contributed by atoms with Crippen LogP contribution in [0.1, 0.15) is 70.6 Å². The summed E-state index contributed by atoms with van der Waals surface area (Å²) in [5.41, 5.74) is 0. The Morgan fingerprint density at radius 1 is 0.895 bits per heavy atom. The number of nitrogens with one attached hydrogen (secondary N) is 1. The van der Waals surface area contributed by atoms with E-state index in [2.05, 4.69) is 5.32 Å². The summed E-state index contributed by atoms with van der Waals surface area (Å²) in [6.45, 7) is 1.35. The Balaban J connectivity index is 1.34. The topological polar surface area (TPSA) is 12.0 Å². The lowest BCUT2D eigenvalue weighted by Crippen LogP contribution is -2.31. The summed E-state index contributed by atoms with van der Waals surface area (Å²) in [6.07, 6.45) is 16.9. The highest BCUT2D eigenvalue weighted by atomic mass is 14.9. The van der Waals surface area contributed by atoms with Crippen LogP contribution in [0.2, 0.25) is 0 Å². The van der Waals surface area contributed by atoms with Crippen LogP contribution in [0.5, 0.6) is 0 Å². The zero-order valence-electron chi connectivity index (χ0n) is 12.4. The molecule has 4 aliphatic rings. The Morgan fingerprint density at radius 3 is 2.37 bits per heavy atom. The van der Waals surface area contributed by atoms with Crippen molar-refractivity contribution >= 4 is 0 Å². The molecule has 1 N–H and O–H groups in total. The minimum atomic E-state index is 0.906. The van der Waals surface area contributed by atoms with E-state index in [1.54, 1.807) is 32.1 Å². The predicted molar refractivity (Wildman–Crippen MR) is 80.0 cm³/mol. The predicted octanol–water partition coefficient (Wildman–Crippen LogP) is 4.37. The van der Waals surface area contributed by atoms with Crippen LogP contribution >= 0.6 is 0 Å². The Morgan fingerprint density at radius 2 is 1.74 bits per heavy atom. The highest BCUT2D eigenvalue weighted by Gasteiger charge is 2.41. The molecule has 4 aliphatic carbocycles. The Bertz CT molecular complexity index is 303. The summed E-state index contributed by atoms with van der Waals surface area (Å²) >= 11 is 0. The van der Waals surface area contributed by atoms with Crippen molar-refractivity contribution in [3.63, 3.8) is 0 Å². The summed E-state index contributed by atoms with van der Waals surface area (Å²) in [5, 5.41) is 3.85. The molecule has 4 saturated carbocycles. The van der Waals surface area contributed by atoms with Gasteiger partial charge in [-0.1, -0.05) is 32.1 Å². The van der Waals surface area contributed by atoms with E-state index in [1.807, 2.05) is 0 Å². The standard InChI is InChI=1S/C18H31N/c1-2-4-14(3-1)17(12-19-18-7-8-18)11-16-10-13-5-6-15(16)9-13/h13-19H,1-12H2. The first-order valence-electron chi connectivity index (χ1n) is 9.12. The van der Waals surface area contributed by atoms with Crippen LogP contribution < -0.4 is 5.32 Å². The van der Waals surface area contributed by atoms with E-state index in [0.717, 1.165) is 35.6 Å². The van der Waals surface area contributed by atoms with Gasteiger partial charge in [0.2, 0.25) is 0 Å². The minimum absolute atomic E-state index is 0.906. The zero-order chi connectivity index (χ0) is 12.7. The molecule has 0 amide bonds. The maximum atomic E-state index is 3.85. The minimum Gasteiger partial charge on any atom is -0.314 e. The van der Waals surface area contributed by atoms with Crippen LogP contribution in [0.4, 0.5) is 0 Å². The Hall–Kier alpha value is -0.0400. The van der Waals surface area contributed by atoms with Gasteiger partial charge in [0.05, 0.1) is 0 Å². The molecule has 0 aromatic rings. The van der Waals surface area contributed by atoms with Crippen LogP contribution in [-0.4, -0.2) is 12.6 Å². The van der Waals surface area contributed by atoms with Gasteiger partial charge in [-0.2, -0.15) is 0 Å². The largest absolute Gasteiger partial charge is 0.314 e. The molecule has 4 fully saturated rings. The molecule has 0 aromatic carbocycles. The van der Waals surface area contributed by atoms with Gasteiger partial charge in [-0.3, -0.25) is 0 Å². The van der Waals surface area contributed by atoms with E-state index < -0.39 is 0 Å². The van der Waals surface area contributed by atoms with E-state index in [-0.39, 0.29) is 0 Å². The van der Waals surface area contributed by atoms with Gasteiger partial charge in [-0.25, -0.2) is 0 Å². The van der Waals surface area contributed by atoms with E-state index in [1.165, 1.54) is 45.1 Å². The zero-order valence-corrected chi connectivity index (χ0v) is 12.4.